The van der Waals surface area contributed by atoms with Gasteiger partial charge in [-0.1, -0.05) is 42.8 Å². The minimum absolute atomic E-state index is 0.121. The van der Waals surface area contributed by atoms with Crippen LogP contribution in [0.4, 0.5) is 0 Å². The number of methoxy groups -OCH3 is 2. The van der Waals surface area contributed by atoms with E-state index in [0.717, 1.165) is 23.1 Å². The zero-order valence-corrected chi connectivity index (χ0v) is 17.2. The van der Waals surface area contributed by atoms with Crippen molar-refractivity contribution >= 4 is 18.0 Å². The van der Waals surface area contributed by atoms with Crippen LogP contribution in [0.3, 0.4) is 0 Å². The van der Waals surface area contributed by atoms with E-state index < -0.39 is 5.97 Å². The molecule has 154 valence electrons. The Hall–Kier alpha value is -3.28. The van der Waals surface area contributed by atoms with Gasteiger partial charge < -0.3 is 19.5 Å². The van der Waals surface area contributed by atoms with Crippen molar-refractivity contribution in [3.63, 3.8) is 0 Å². The van der Waals surface area contributed by atoms with E-state index in [0.29, 0.717) is 11.5 Å². The molecule has 0 bridgehead atoms. The fourth-order valence-electron chi connectivity index (χ4n) is 2.76. The van der Waals surface area contributed by atoms with Gasteiger partial charge in [-0.2, -0.15) is 0 Å². The van der Waals surface area contributed by atoms with Crippen LogP contribution in [0.2, 0.25) is 0 Å². The lowest BCUT2D eigenvalue weighted by Crippen LogP contribution is -2.32. The predicted octanol–water partition coefficient (Wildman–Crippen LogP) is 3.84. The number of rotatable bonds is 9. The first-order valence-corrected chi connectivity index (χ1v) is 9.39. The Labute approximate surface area is 171 Å². The zero-order valence-electron chi connectivity index (χ0n) is 17.2. The molecule has 2 aromatic rings. The summed E-state index contributed by atoms with van der Waals surface area (Å²) in [7, 11) is 3.09. The highest BCUT2D eigenvalue weighted by molar-refractivity contribution is 5.89. The molecule has 0 aliphatic carbocycles. The number of amides is 1. The van der Waals surface area contributed by atoms with E-state index in [1.54, 1.807) is 38.5 Å². The van der Waals surface area contributed by atoms with Gasteiger partial charge in [0, 0.05) is 6.08 Å². The van der Waals surface area contributed by atoms with E-state index in [1.165, 1.54) is 6.08 Å². The third kappa shape index (κ3) is 6.68. The lowest BCUT2D eigenvalue weighted by molar-refractivity contribution is -0.144. The zero-order chi connectivity index (χ0) is 21.2. The summed E-state index contributed by atoms with van der Waals surface area (Å²) in [5.41, 5.74) is 2.92. The van der Waals surface area contributed by atoms with Gasteiger partial charge in [0.25, 0.3) is 5.91 Å². The molecule has 1 amide bonds. The minimum Gasteiger partial charge on any atom is -0.493 e. The van der Waals surface area contributed by atoms with E-state index in [9.17, 15) is 9.59 Å². The van der Waals surface area contributed by atoms with Gasteiger partial charge in [-0.3, -0.25) is 4.79 Å². The fraction of sp³-hybridized carbons (Fsp3) is 0.304. The highest BCUT2D eigenvalue weighted by atomic mass is 16.5. The number of hydrogen-bond donors (Lipinski definition) is 1. The Morgan fingerprint density at radius 2 is 1.72 bits per heavy atom. The molecule has 0 fully saturated rings. The molecule has 0 radical (unpaired) electrons. The summed E-state index contributed by atoms with van der Waals surface area (Å²) in [5, 5.41) is 2.89. The Morgan fingerprint density at radius 3 is 2.34 bits per heavy atom. The normalized spacial score (nSPS) is 11.7. The van der Waals surface area contributed by atoms with Gasteiger partial charge in [0.2, 0.25) is 0 Å². The third-order valence-corrected chi connectivity index (χ3v) is 4.39. The molecule has 0 aliphatic heterocycles. The van der Waals surface area contributed by atoms with Crippen LogP contribution in [0.25, 0.3) is 6.08 Å². The standard InChI is InChI=1S/C23H27NO5/c1-5-19(18-10-6-16(2)7-11-18)24-22(25)15-29-23(26)13-9-17-8-12-20(27-3)21(14-17)28-4/h6-14,19H,5,15H2,1-4H3,(H,24,25)/b13-9+/t19-/m1/s1. The molecule has 0 spiro atoms. The summed E-state index contributed by atoms with van der Waals surface area (Å²) in [5.74, 6) is 0.218. The van der Waals surface area contributed by atoms with Gasteiger partial charge in [-0.05, 0) is 42.7 Å². The molecular weight excluding hydrogens is 370 g/mol. The van der Waals surface area contributed by atoms with Crippen LogP contribution in [-0.2, 0) is 14.3 Å². The maximum atomic E-state index is 12.1. The molecule has 1 atom stereocenters. The van der Waals surface area contributed by atoms with Crippen LogP contribution in [0.5, 0.6) is 11.5 Å². The fourth-order valence-corrected chi connectivity index (χ4v) is 2.76. The highest BCUT2D eigenvalue weighted by Gasteiger charge is 2.13. The number of carbonyl (C=O) groups is 2. The third-order valence-electron chi connectivity index (χ3n) is 4.39. The SMILES string of the molecule is CC[C@@H](NC(=O)COC(=O)/C=C/c1ccc(OC)c(OC)c1)c1ccc(C)cc1. The summed E-state index contributed by atoms with van der Waals surface area (Å²) in [6, 6.07) is 13.1. The van der Waals surface area contributed by atoms with Gasteiger partial charge in [-0.15, -0.1) is 0 Å². The Bertz CT molecular complexity index is 858. The smallest absolute Gasteiger partial charge is 0.331 e. The number of benzene rings is 2. The molecule has 6 nitrogen and oxygen atoms in total. The van der Waals surface area contributed by atoms with Crippen LogP contribution >= 0.6 is 0 Å². The van der Waals surface area contributed by atoms with Crippen molar-refractivity contribution in [2.75, 3.05) is 20.8 Å². The van der Waals surface area contributed by atoms with Crippen molar-refractivity contribution in [2.45, 2.75) is 26.3 Å². The van der Waals surface area contributed by atoms with Crippen LogP contribution in [-0.4, -0.2) is 32.7 Å². The number of ether oxygens (including phenoxy) is 3. The van der Waals surface area contributed by atoms with E-state index in [-0.39, 0.29) is 18.6 Å². The molecule has 2 rings (SSSR count). The number of nitrogens with one attached hydrogen (secondary N) is 1. The van der Waals surface area contributed by atoms with Crippen molar-refractivity contribution in [1.82, 2.24) is 5.32 Å². The molecule has 0 aromatic heterocycles. The maximum absolute atomic E-state index is 12.1. The quantitative estimate of drug-likeness (QED) is 0.514. The number of aryl methyl sites for hydroxylation is 1. The number of esters is 1. The lowest BCUT2D eigenvalue weighted by atomic mass is 10.0. The summed E-state index contributed by atoms with van der Waals surface area (Å²) < 4.78 is 15.4. The second-order valence-corrected chi connectivity index (χ2v) is 6.49. The van der Waals surface area contributed by atoms with Crippen molar-refractivity contribution in [3.8, 4) is 11.5 Å². The largest absolute Gasteiger partial charge is 0.493 e. The monoisotopic (exact) mass is 397 g/mol. The number of hydrogen-bond acceptors (Lipinski definition) is 5. The molecule has 0 saturated heterocycles. The maximum Gasteiger partial charge on any atom is 0.331 e. The Kier molecular flexibility index (Phi) is 8.27. The molecule has 2 aromatic carbocycles. The first kappa shape index (κ1) is 22.0. The summed E-state index contributed by atoms with van der Waals surface area (Å²) >= 11 is 0. The Balaban J connectivity index is 1.87. The van der Waals surface area contributed by atoms with Crippen molar-refractivity contribution in [1.29, 1.82) is 0 Å². The van der Waals surface area contributed by atoms with Crippen LogP contribution in [0.15, 0.2) is 48.5 Å². The summed E-state index contributed by atoms with van der Waals surface area (Å²) in [4.78, 5) is 24.1. The molecule has 29 heavy (non-hydrogen) atoms. The molecular formula is C23H27NO5. The minimum atomic E-state index is -0.599. The molecule has 1 N–H and O–H groups in total. The Morgan fingerprint density at radius 1 is 1.03 bits per heavy atom. The lowest BCUT2D eigenvalue weighted by Gasteiger charge is -2.17. The van der Waals surface area contributed by atoms with Gasteiger partial charge >= 0.3 is 5.97 Å². The summed E-state index contributed by atoms with van der Waals surface area (Å²) in [6.45, 7) is 3.67. The van der Waals surface area contributed by atoms with E-state index in [4.69, 9.17) is 14.2 Å². The second-order valence-electron chi connectivity index (χ2n) is 6.49. The predicted molar refractivity (Wildman–Crippen MR) is 112 cm³/mol. The van der Waals surface area contributed by atoms with Crippen LogP contribution < -0.4 is 14.8 Å². The van der Waals surface area contributed by atoms with Crippen molar-refractivity contribution < 1.29 is 23.8 Å². The van der Waals surface area contributed by atoms with Crippen LogP contribution in [0.1, 0.15) is 36.1 Å². The first-order chi connectivity index (χ1) is 14.0. The molecule has 0 aliphatic rings. The van der Waals surface area contributed by atoms with Crippen LogP contribution in [0, 0.1) is 6.92 Å². The second kappa shape index (κ2) is 10.9. The molecule has 6 heteroatoms. The van der Waals surface area contributed by atoms with E-state index >= 15 is 0 Å². The molecule has 0 saturated carbocycles. The molecule has 0 unspecified atom stereocenters. The van der Waals surface area contributed by atoms with E-state index in [2.05, 4.69) is 5.32 Å². The highest BCUT2D eigenvalue weighted by Crippen LogP contribution is 2.27. The number of carbonyl (C=O) groups excluding carboxylic acids is 2. The molecule has 0 heterocycles. The van der Waals surface area contributed by atoms with Crippen molar-refractivity contribution in [2.24, 2.45) is 0 Å². The van der Waals surface area contributed by atoms with E-state index in [1.807, 2.05) is 38.1 Å². The first-order valence-electron chi connectivity index (χ1n) is 9.39. The van der Waals surface area contributed by atoms with Gasteiger partial charge in [-0.25, -0.2) is 4.79 Å². The topological polar surface area (TPSA) is 73.9 Å². The summed E-state index contributed by atoms with van der Waals surface area (Å²) in [6.07, 6.45) is 3.59. The van der Waals surface area contributed by atoms with Gasteiger partial charge in [0.1, 0.15) is 0 Å². The average Bonchev–Trinajstić information content (AvgIpc) is 2.74. The van der Waals surface area contributed by atoms with Gasteiger partial charge in [0.15, 0.2) is 18.1 Å². The van der Waals surface area contributed by atoms with Gasteiger partial charge in [0.05, 0.1) is 20.3 Å². The average molecular weight is 397 g/mol. The van der Waals surface area contributed by atoms with Crippen molar-refractivity contribution in [3.05, 3.63) is 65.2 Å².